The lowest BCUT2D eigenvalue weighted by Crippen LogP contribution is -2.02. The van der Waals surface area contributed by atoms with Gasteiger partial charge < -0.3 is 10.5 Å². The highest BCUT2D eigenvalue weighted by Crippen LogP contribution is 2.24. The summed E-state index contributed by atoms with van der Waals surface area (Å²) >= 11 is 0. The summed E-state index contributed by atoms with van der Waals surface area (Å²) in [6, 6.07) is 2.13. The van der Waals surface area contributed by atoms with Crippen LogP contribution in [0.5, 0.6) is 5.75 Å². The van der Waals surface area contributed by atoms with E-state index >= 15 is 0 Å². The monoisotopic (exact) mass is 243 g/mol. The number of hydrogen-bond acceptors (Lipinski definition) is 2. The summed E-state index contributed by atoms with van der Waals surface area (Å²) in [5, 5.41) is 0. The average molecular weight is 243 g/mol. The summed E-state index contributed by atoms with van der Waals surface area (Å²) in [4.78, 5) is 0. The van der Waals surface area contributed by atoms with Gasteiger partial charge in [0.05, 0.1) is 6.61 Å². The topological polar surface area (TPSA) is 35.2 Å². The van der Waals surface area contributed by atoms with Crippen LogP contribution in [0.15, 0.2) is 12.1 Å². The molecule has 0 saturated heterocycles. The third-order valence-corrected chi connectivity index (χ3v) is 2.51. The molecule has 0 bridgehead atoms. The van der Waals surface area contributed by atoms with E-state index in [0.29, 0.717) is 6.61 Å². The molecule has 2 N–H and O–H groups in total. The van der Waals surface area contributed by atoms with Crippen LogP contribution in [0.4, 0.5) is 14.5 Å². The molecule has 0 radical (unpaired) electrons. The number of rotatable bonds is 7. The summed E-state index contributed by atoms with van der Waals surface area (Å²) in [7, 11) is 0. The van der Waals surface area contributed by atoms with Crippen LogP contribution < -0.4 is 10.5 Å². The molecule has 0 saturated carbocycles. The summed E-state index contributed by atoms with van der Waals surface area (Å²) in [5.74, 6) is -1.80. The van der Waals surface area contributed by atoms with Crippen LogP contribution in [0.25, 0.3) is 0 Å². The van der Waals surface area contributed by atoms with Crippen LogP contribution in [0, 0.1) is 11.6 Å². The minimum atomic E-state index is -0.740. The van der Waals surface area contributed by atoms with Crippen molar-refractivity contribution in [1.29, 1.82) is 0 Å². The average Bonchev–Trinajstić information content (AvgIpc) is 2.26. The predicted octanol–water partition coefficient (Wildman–Crippen LogP) is 3.90. The molecule has 96 valence electrons. The standard InChI is InChI=1S/C13H19F2NO/c1-2-3-4-5-6-7-17-13-11(14)8-10(16)9-12(13)15/h8-9H,2-7,16H2,1H3. The van der Waals surface area contributed by atoms with Crippen molar-refractivity contribution < 1.29 is 13.5 Å². The van der Waals surface area contributed by atoms with Gasteiger partial charge in [0.1, 0.15) is 0 Å². The van der Waals surface area contributed by atoms with E-state index in [4.69, 9.17) is 10.5 Å². The summed E-state index contributed by atoms with van der Waals surface area (Å²) < 4.78 is 31.7. The number of benzene rings is 1. The first-order valence-electron chi connectivity index (χ1n) is 6.02. The van der Waals surface area contributed by atoms with Gasteiger partial charge in [-0.3, -0.25) is 0 Å². The number of ether oxygens (including phenoxy) is 1. The highest BCUT2D eigenvalue weighted by molar-refractivity contribution is 5.44. The van der Waals surface area contributed by atoms with Gasteiger partial charge in [0.25, 0.3) is 0 Å². The lowest BCUT2D eigenvalue weighted by molar-refractivity contribution is 0.275. The molecular formula is C13H19F2NO. The summed E-state index contributed by atoms with van der Waals surface area (Å²) in [5.41, 5.74) is 5.37. The molecule has 0 aliphatic rings. The zero-order valence-electron chi connectivity index (χ0n) is 10.1. The van der Waals surface area contributed by atoms with Gasteiger partial charge in [-0.1, -0.05) is 32.6 Å². The van der Waals surface area contributed by atoms with Gasteiger partial charge in [0.15, 0.2) is 17.4 Å². The van der Waals surface area contributed by atoms with Crippen LogP contribution in [0.1, 0.15) is 39.0 Å². The molecule has 1 rings (SSSR count). The molecule has 2 nitrogen and oxygen atoms in total. The Bertz CT molecular complexity index is 332. The first-order chi connectivity index (χ1) is 8.15. The normalized spacial score (nSPS) is 10.5. The predicted molar refractivity (Wildman–Crippen MR) is 65.0 cm³/mol. The molecule has 17 heavy (non-hydrogen) atoms. The van der Waals surface area contributed by atoms with E-state index < -0.39 is 11.6 Å². The first-order valence-corrected chi connectivity index (χ1v) is 6.02. The second-order valence-corrected chi connectivity index (χ2v) is 4.08. The molecule has 4 heteroatoms. The molecule has 0 spiro atoms. The van der Waals surface area contributed by atoms with Gasteiger partial charge in [-0.15, -0.1) is 0 Å². The zero-order chi connectivity index (χ0) is 12.7. The van der Waals surface area contributed by atoms with Crippen LogP contribution in [0.2, 0.25) is 0 Å². The molecule has 0 heterocycles. The van der Waals surface area contributed by atoms with E-state index in [0.717, 1.165) is 31.4 Å². The second kappa shape index (κ2) is 7.09. The molecule has 0 amide bonds. The number of nitrogen functional groups attached to an aromatic ring is 1. The Kier molecular flexibility index (Phi) is 5.73. The van der Waals surface area contributed by atoms with Crippen molar-refractivity contribution in [3.8, 4) is 5.75 Å². The molecule has 0 fully saturated rings. The maximum Gasteiger partial charge on any atom is 0.190 e. The highest BCUT2D eigenvalue weighted by atomic mass is 19.1. The molecule has 0 aromatic heterocycles. The first kappa shape index (κ1) is 13.7. The molecule has 0 aliphatic heterocycles. The van der Waals surface area contributed by atoms with Gasteiger partial charge in [0, 0.05) is 17.8 Å². The van der Waals surface area contributed by atoms with Gasteiger partial charge in [-0.2, -0.15) is 0 Å². The van der Waals surface area contributed by atoms with Crippen molar-refractivity contribution >= 4 is 5.69 Å². The molecule has 0 atom stereocenters. The Morgan fingerprint density at radius 1 is 1.06 bits per heavy atom. The number of halogens is 2. The van der Waals surface area contributed by atoms with Gasteiger partial charge in [-0.25, -0.2) is 8.78 Å². The van der Waals surface area contributed by atoms with Crippen LogP contribution in [-0.4, -0.2) is 6.61 Å². The quantitative estimate of drug-likeness (QED) is 0.582. The Balaban J connectivity index is 2.36. The molecule has 0 unspecified atom stereocenters. The summed E-state index contributed by atoms with van der Waals surface area (Å²) in [6.45, 7) is 2.47. The van der Waals surface area contributed by atoms with Crippen molar-refractivity contribution in [3.63, 3.8) is 0 Å². The largest absolute Gasteiger partial charge is 0.488 e. The number of unbranched alkanes of at least 4 members (excludes halogenated alkanes) is 4. The van der Waals surface area contributed by atoms with E-state index in [1.165, 1.54) is 12.8 Å². The van der Waals surface area contributed by atoms with Crippen LogP contribution >= 0.6 is 0 Å². The van der Waals surface area contributed by atoms with Crippen LogP contribution in [0.3, 0.4) is 0 Å². The Labute approximate surface area is 101 Å². The third-order valence-electron chi connectivity index (χ3n) is 2.51. The lowest BCUT2D eigenvalue weighted by Gasteiger charge is -2.08. The number of nitrogens with two attached hydrogens (primary N) is 1. The van der Waals surface area contributed by atoms with Crippen molar-refractivity contribution in [2.75, 3.05) is 12.3 Å². The molecule has 0 aliphatic carbocycles. The van der Waals surface area contributed by atoms with E-state index in [9.17, 15) is 8.78 Å². The Morgan fingerprint density at radius 3 is 2.24 bits per heavy atom. The van der Waals surface area contributed by atoms with Crippen molar-refractivity contribution in [3.05, 3.63) is 23.8 Å². The fourth-order valence-corrected chi connectivity index (χ4v) is 1.60. The van der Waals surface area contributed by atoms with E-state index in [2.05, 4.69) is 6.92 Å². The summed E-state index contributed by atoms with van der Waals surface area (Å²) in [6.07, 6.45) is 5.31. The lowest BCUT2D eigenvalue weighted by atomic mass is 10.2. The Morgan fingerprint density at radius 2 is 1.65 bits per heavy atom. The highest BCUT2D eigenvalue weighted by Gasteiger charge is 2.11. The smallest absolute Gasteiger partial charge is 0.190 e. The maximum absolute atomic E-state index is 13.3. The van der Waals surface area contributed by atoms with E-state index in [1.807, 2.05) is 0 Å². The zero-order valence-corrected chi connectivity index (χ0v) is 10.1. The van der Waals surface area contributed by atoms with Crippen molar-refractivity contribution in [1.82, 2.24) is 0 Å². The second-order valence-electron chi connectivity index (χ2n) is 4.08. The maximum atomic E-state index is 13.3. The van der Waals surface area contributed by atoms with Crippen LogP contribution in [-0.2, 0) is 0 Å². The molecule has 1 aromatic carbocycles. The van der Waals surface area contributed by atoms with Gasteiger partial charge >= 0.3 is 0 Å². The van der Waals surface area contributed by atoms with E-state index in [-0.39, 0.29) is 11.4 Å². The van der Waals surface area contributed by atoms with Gasteiger partial charge in [0.2, 0.25) is 0 Å². The fourth-order valence-electron chi connectivity index (χ4n) is 1.60. The number of anilines is 1. The Hall–Kier alpha value is -1.32. The third kappa shape index (κ3) is 4.59. The molecule has 1 aromatic rings. The minimum Gasteiger partial charge on any atom is -0.488 e. The fraction of sp³-hybridized carbons (Fsp3) is 0.538. The van der Waals surface area contributed by atoms with E-state index in [1.54, 1.807) is 0 Å². The minimum absolute atomic E-state index is 0.0651. The van der Waals surface area contributed by atoms with Crippen molar-refractivity contribution in [2.45, 2.75) is 39.0 Å². The number of hydrogen-bond donors (Lipinski definition) is 1. The van der Waals surface area contributed by atoms with Crippen molar-refractivity contribution in [2.24, 2.45) is 0 Å². The van der Waals surface area contributed by atoms with Gasteiger partial charge in [-0.05, 0) is 6.42 Å². The SMILES string of the molecule is CCCCCCCOc1c(F)cc(N)cc1F. The molecular weight excluding hydrogens is 224 g/mol.